The van der Waals surface area contributed by atoms with Gasteiger partial charge in [-0.05, 0) is 30.3 Å². The number of rotatable bonds is 7. The van der Waals surface area contributed by atoms with E-state index in [1.54, 1.807) is 25.3 Å². The van der Waals surface area contributed by atoms with Crippen LogP contribution < -0.4 is 15.2 Å². The molecule has 110 valence electrons. The zero-order chi connectivity index (χ0) is 15.1. The molecule has 0 bridgehead atoms. The van der Waals surface area contributed by atoms with Crippen molar-refractivity contribution in [3.05, 3.63) is 59.7 Å². The molecule has 0 radical (unpaired) electrons. The van der Waals surface area contributed by atoms with Gasteiger partial charge in [-0.1, -0.05) is 30.3 Å². The Bertz CT molecular complexity index is 596. The summed E-state index contributed by atoms with van der Waals surface area (Å²) >= 11 is 0. The molecule has 0 unspecified atom stereocenters. The van der Waals surface area contributed by atoms with Gasteiger partial charge in [-0.25, -0.2) is 0 Å². The summed E-state index contributed by atoms with van der Waals surface area (Å²) in [6, 6.07) is 15.1. The van der Waals surface area contributed by atoms with E-state index < -0.39 is 0 Å². The van der Waals surface area contributed by atoms with Crippen LogP contribution in [0.5, 0.6) is 11.5 Å². The van der Waals surface area contributed by atoms with Gasteiger partial charge in [-0.2, -0.15) is 0 Å². The van der Waals surface area contributed by atoms with Gasteiger partial charge >= 0.3 is 0 Å². The number of hydrogen-bond acceptors (Lipinski definition) is 4. The number of ketones is 1. The van der Waals surface area contributed by atoms with Gasteiger partial charge in [0.1, 0.15) is 6.61 Å². The van der Waals surface area contributed by atoms with Gasteiger partial charge in [0.25, 0.3) is 0 Å². The number of benzene rings is 2. The second kappa shape index (κ2) is 7.45. The monoisotopic (exact) mass is 285 g/mol. The summed E-state index contributed by atoms with van der Waals surface area (Å²) in [5.74, 6) is 1.17. The molecule has 0 aromatic heterocycles. The molecule has 0 heterocycles. The lowest BCUT2D eigenvalue weighted by molar-refractivity contribution is 0.0985. The van der Waals surface area contributed by atoms with Crippen molar-refractivity contribution in [3.8, 4) is 11.5 Å². The third kappa shape index (κ3) is 4.07. The van der Waals surface area contributed by atoms with Crippen LogP contribution >= 0.6 is 0 Å². The number of Topliss-reactive ketones (excluding diaryl/α,β-unsaturated/α-hetero) is 1. The Morgan fingerprint density at radius 3 is 2.52 bits per heavy atom. The number of methoxy groups -OCH3 is 1. The molecule has 0 amide bonds. The maximum atomic E-state index is 11.8. The van der Waals surface area contributed by atoms with E-state index in [-0.39, 0.29) is 5.78 Å². The lowest BCUT2D eigenvalue weighted by Crippen LogP contribution is -2.08. The molecule has 0 aliphatic rings. The van der Waals surface area contributed by atoms with Crippen LogP contribution in [0.3, 0.4) is 0 Å². The highest BCUT2D eigenvalue weighted by Gasteiger charge is 2.10. The summed E-state index contributed by atoms with van der Waals surface area (Å²) in [4.78, 5) is 11.8. The summed E-state index contributed by atoms with van der Waals surface area (Å²) in [5.41, 5.74) is 7.06. The fourth-order valence-corrected chi connectivity index (χ4v) is 1.97. The third-order valence-electron chi connectivity index (χ3n) is 3.09. The number of carbonyl (C=O) groups is 1. The Labute approximate surface area is 124 Å². The molecule has 0 spiro atoms. The van der Waals surface area contributed by atoms with Crippen LogP contribution in [-0.4, -0.2) is 19.4 Å². The Morgan fingerprint density at radius 2 is 1.86 bits per heavy atom. The molecule has 0 aliphatic carbocycles. The van der Waals surface area contributed by atoms with E-state index in [1.165, 1.54) is 0 Å². The average Bonchev–Trinajstić information content (AvgIpc) is 2.54. The van der Waals surface area contributed by atoms with Crippen LogP contribution in [0, 0.1) is 0 Å². The third-order valence-corrected chi connectivity index (χ3v) is 3.09. The average molecular weight is 285 g/mol. The zero-order valence-electron chi connectivity index (χ0n) is 12.0. The summed E-state index contributed by atoms with van der Waals surface area (Å²) in [5, 5.41) is 0. The molecule has 2 N–H and O–H groups in total. The van der Waals surface area contributed by atoms with Crippen molar-refractivity contribution in [1.82, 2.24) is 0 Å². The van der Waals surface area contributed by atoms with E-state index in [0.717, 1.165) is 5.56 Å². The highest BCUT2D eigenvalue weighted by molar-refractivity contribution is 5.96. The van der Waals surface area contributed by atoms with Crippen molar-refractivity contribution in [2.45, 2.75) is 13.0 Å². The van der Waals surface area contributed by atoms with Gasteiger partial charge in [-0.15, -0.1) is 0 Å². The first-order chi connectivity index (χ1) is 10.2. The Kier molecular flexibility index (Phi) is 5.35. The normalized spacial score (nSPS) is 10.2. The van der Waals surface area contributed by atoms with Crippen LogP contribution in [0.1, 0.15) is 22.3 Å². The Morgan fingerprint density at radius 1 is 1.10 bits per heavy atom. The van der Waals surface area contributed by atoms with Crippen molar-refractivity contribution in [2.24, 2.45) is 5.73 Å². The molecular weight excluding hydrogens is 266 g/mol. The number of ether oxygens (including phenoxy) is 2. The number of hydrogen-bond donors (Lipinski definition) is 1. The molecule has 0 aliphatic heterocycles. The second-order valence-electron chi connectivity index (χ2n) is 4.60. The van der Waals surface area contributed by atoms with Crippen molar-refractivity contribution in [2.75, 3.05) is 13.7 Å². The van der Waals surface area contributed by atoms with Crippen LogP contribution in [0.2, 0.25) is 0 Å². The smallest absolute Gasteiger partial charge is 0.164 e. The minimum Gasteiger partial charge on any atom is -0.493 e. The Hall–Kier alpha value is -2.33. The second-order valence-corrected chi connectivity index (χ2v) is 4.60. The molecule has 4 nitrogen and oxygen atoms in total. The molecule has 21 heavy (non-hydrogen) atoms. The Balaban J connectivity index is 2.11. The van der Waals surface area contributed by atoms with Crippen LogP contribution in [0.15, 0.2) is 48.5 Å². The lowest BCUT2D eigenvalue weighted by atomic mass is 10.1. The van der Waals surface area contributed by atoms with E-state index in [1.807, 2.05) is 30.3 Å². The molecule has 4 heteroatoms. The maximum absolute atomic E-state index is 11.8. The lowest BCUT2D eigenvalue weighted by Gasteiger charge is -2.12. The van der Waals surface area contributed by atoms with Crippen molar-refractivity contribution in [3.63, 3.8) is 0 Å². The molecule has 0 saturated carbocycles. The molecule has 0 fully saturated rings. The van der Waals surface area contributed by atoms with Gasteiger partial charge in [0.05, 0.1) is 7.11 Å². The van der Waals surface area contributed by atoms with Crippen LogP contribution in [0.4, 0.5) is 0 Å². The van der Waals surface area contributed by atoms with Gasteiger partial charge in [0.15, 0.2) is 17.3 Å². The summed E-state index contributed by atoms with van der Waals surface area (Å²) in [6.07, 6.45) is 0.327. The topological polar surface area (TPSA) is 61.5 Å². The van der Waals surface area contributed by atoms with Crippen molar-refractivity contribution in [1.29, 1.82) is 0 Å². The maximum Gasteiger partial charge on any atom is 0.164 e. The van der Waals surface area contributed by atoms with E-state index in [0.29, 0.717) is 36.6 Å². The molecule has 0 atom stereocenters. The van der Waals surface area contributed by atoms with Gasteiger partial charge in [-0.3, -0.25) is 4.79 Å². The minimum absolute atomic E-state index is 0.00501. The summed E-state index contributed by atoms with van der Waals surface area (Å²) in [7, 11) is 1.56. The standard InChI is InChI=1S/C17H19NO3/c1-20-17-11-14(15(19)9-10-18)7-8-16(17)21-12-13-5-3-2-4-6-13/h2-8,11H,9-10,12,18H2,1H3. The first kappa shape index (κ1) is 15.1. The van der Waals surface area contributed by atoms with Crippen LogP contribution in [0.25, 0.3) is 0 Å². The highest BCUT2D eigenvalue weighted by Crippen LogP contribution is 2.29. The largest absolute Gasteiger partial charge is 0.493 e. The first-order valence-corrected chi connectivity index (χ1v) is 6.82. The van der Waals surface area contributed by atoms with Gasteiger partial charge in [0.2, 0.25) is 0 Å². The van der Waals surface area contributed by atoms with E-state index in [4.69, 9.17) is 15.2 Å². The SMILES string of the molecule is COc1cc(C(=O)CCN)ccc1OCc1ccccc1. The summed E-state index contributed by atoms with van der Waals surface area (Å²) < 4.78 is 11.0. The first-order valence-electron chi connectivity index (χ1n) is 6.82. The fraction of sp³-hybridized carbons (Fsp3) is 0.235. The minimum atomic E-state index is 0.00501. The van der Waals surface area contributed by atoms with Crippen LogP contribution in [-0.2, 0) is 6.61 Å². The summed E-state index contributed by atoms with van der Waals surface area (Å²) in [6.45, 7) is 0.792. The fourth-order valence-electron chi connectivity index (χ4n) is 1.97. The quantitative estimate of drug-likeness (QED) is 0.795. The zero-order valence-corrected chi connectivity index (χ0v) is 12.0. The molecular formula is C17H19NO3. The van der Waals surface area contributed by atoms with E-state index in [9.17, 15) is 4.79 Å². The highest BCUT2D eigenvalue weighted by atomic mass is 16.5. The number of carbonyl (C=O) groups excluding carboxylic acids is 1. The molecule has 0 saturated heterocycles. The predicted octanol–water partition coefficient (Wildman–Crippen LogP) is 2.81. The predicted molar refractivity (Wildman–Crippen MR) is 81.8 cm³/mol. The van der Waals surface area contributed by atoms with Gasteiger partial charge in [0, 0.05) is 12.0 Å². The number of nitrogens with two attached hydrogens (primary N) is 1. The van der Waals surface area contributed by atoms with Gasteiger partial charge < -0.3 is 15.2 Å². The molecule has 2 aromatic carbocycles. The molecule has 2 aromatic rings. The van der Waals surface area contributed by atoms with E-state index in [2.05, 4.69) is 0 Å². The molecule has 2 rings (SSSR count). The van der Waals surface area contributed by atoms with Crippen molar-refractivity contribution >= 4 is 5.78 Å². The van der Waals surface area contributed by atoms with E-state index >= 15 is 0 Å². The van der Waals surface area contributed by atoms with Crippen molar-refractivity contribution < 1.29 is 14.3 Å².